The minimum Gasteiger partial charge on any atom is -0.244 e. The van der Waals surface area contributed by atoms with Crippen molar-refractivity contribution in [2.75, 3.05) is 0 Å². The molecule has 0 heterocycles. The van der Waals surface area contributed by atoms with Gasteiger partial charge in [-0.15, -0.1) is 6.58 Å². The van der Waals surface area contributed by atoms with E-state index in [-0.39, 0.29) is 5.92 Å². The smallest absolute Gasteiger partial charge is 0.149 e. The number of hydrogen-bond donors (Lipinski definition) is 0. The summed E-state index contributed by atoms with van der Waals surface area (Å²) in [4.78, 5) is 0. The molecule has 3 unspecified atom stereocenters. The van der Waals surface area contributed by atoms with Crippen molar-refractivity contribution >= 4 is 0 Å². The third-order valence-corrected chi connectivity index (χ3v) is 6.50. The molecule has 0 radical (unpaired) electrons. The first-order valence-corrected chi connectivity index (χ1v) is 9.76. The molecule has 0 spiro atoms. The van der Waals surface area contributed by atoms with Gasteiger partial charge in [0.1, 0.15) is 12.3 Å². The van der Waals surface area contributed by atoms with E-state index in [1.54, 1.807) is 0 Å². The van der Waals surface area contributed by atoms with E-state index < -0.39 is 24.6 Å². The Kier molecular flexibility index (Phi) is 4.86. The first-order valence-electron chi connectivity index (χ1n) is 11.8. The number of rotatable bonds is 5. The van der Waals surface area contributed by atoms with Gasteiger partial charge in [-0.3, -0.25) is 0 Å². The molecule has 2 heteroatoms. The van der Waals surface area contributed by atoms with E-state index in [1.807, 2.05) is 6.08 Å². The van der Waals surface area contributed by atoms with Gasteiger partial charge in [0.25, 0.3) is 0 Å². The molecule has 0 N–H and O–H groups in total. The Hall–Kier alpha value is -0.660. The van der Waals surface area contributed by atoms with Crippen molar-refractivity contribution < 1.29 is 14.3 Å². The van der Waals surface area contributed by atoms with E-state index in [1.165, 1.54) is 38.2 Å². The summed E-state index contributed by atoms with van der Waals surface area (Å²) >= 11 is 0. The molecule has 3 rings (SSSR count). The molecule has 0 nitrogen and oxygen atoms in total. The minimum absolute atomic E-state index is 0.369. The summed E-state index contributed by atoms with van der Waals surface area (Å²) in [5, 5.41) is 0. The third-order valence-electron chi connectivity index (χ3n) is 6.50. The number of halogens is 2. The van der Waals surface area contributed by atoms with Crippen LogP contribution < -0.4 is 0 Å². The highest BCUT2D eigenvalue weighted by molar-refractivity contribution is 5.05. The standard InChI is InChI=1S/C22H34F2/c1-2-3-4-16-5-7-17(8-6-16)18-9-11-19(12-10-18)20-13-14-21(23)22(24)15-20/h2,13-14,16-22H,1,3-12,15H2/i15D2,20D,22D. The highest BCUT2D eigenvalue weighted by Crippen LogP contribution is 2.45. The zero-order chi connectivity index (χ0) is 20.6. The summed E-state index contributed by atoms with van der Waals surface area (Å²) in [6.07, 6.45) is 5.99. The molecule has 2 fully saturated rings. The van der Waals surface area contributed by atoms with Crippen molar-refractivity contribution in [1.29, 1.82) is 0 Å². The fraction of sp³-hybridized carbons (Fsp3) is 0.818. The molecule has 0 amide bonds. The second-order valence-electron chi connectivity index (χ2n) is 7.95. The van der Waals surface area contributed by atoms with Crippen LogP contribution in [0.15, 0.2) is 24.8 Å². The van der Waals surface area contributed by atoms with Gasteiger partial charge in [0.2, 0.25) is 0 Å². The van der Waals surface area contributed by atoms with Crippen molar-refractivity contribution in [2.45, 2.75) is 82.9 Å². The van der Waals surface area contributed by atoms with Crippen LogP contribution in [0.4, 0.5) is 8.78 Å². The molecule has 2 saturated carbocycles. The van der Waals surface area contributed by atoms with E-state index >= 15 is 0 Å². The molecule has 0 aromatic carbocycles. The summed E-state index contributed by atoms with van der Waals surface area (Å²) in [5.41, 5.74) is 0. The lowest BCUT2D eigenvalue weighted by Crippen LogP contribution is -2.31. The van der Waals surface area contributed by atoms with Gasteiger partial charge in [-0.05, 0) is 87.3 Å². The van der Waals surface area contributed by atoms with Gasteiger partial charge in [-0.2, -0.15) is 0 Å². The van der Waals surface area contributed by atoms with Crippen LogP contribution in [0, 0.1) is 29.6 Å². The first kappa shape index (κ1) is 13.5. The Balaban J connectivity index is 1.58. The maximum atomic E-state index is 14.5. The van der Waals surface area contributed by atoms with E-state index in [2.05, 4.69) is 6.58 Å². The predicted molar refractivity (Wildman–Crippen MR) is 97.4 cm³/mol. The molecule has 0 saturated heterocycles. The quantitative estimate of drug-likeness (QED) is 0.482. The lowest BCUT2D eigenvalue weighted by Gasteiger charge is -2.40. The normalized spacial score (nSPS) is 54.2. The largest absolute Gasteiger partial charge is 0.244 e. The van der Waals surface area contributed by atoms with Crippen molar-refractivity contribution in [3.63, 3.8) is 0 Å². The van der Waals surface area contributed by atoms with Crippen LogP contribution in [0.2, 0.25) is 0 Å². The number of allylic oxidation sites excluding steroid dienone is 3. The molecule has 0 aliphatic heterocycles. The average molecular weight is 341 g/mol. The molecular weight excluding hydrogens is 302 g/mol. The lowest BCUT2D eigenvalue weighted by atomic mass is 9.66. The highest BCUT2D eigenvalue weighted by atomic mass is 19.2. The molecule has 136 valence electrons. The van der Waals surface area contributed by atoms with Gasteiger partial charge in [-0.25, -0.2) is 8.78 Å². The zero-order valence-corrected chi connectivity index (χ0v) is 14.7. The average Bonchev–Trinajstić information content (AvgIpc) is 2.69. The second-order valence-corrected chi connectivity index (χ2v) is 7.95. The molecule has 3 aliphatic rings. The van der Waals surface area contributed by atoms with Crippen LogP contribution in [0.1, 0.15) is 76.1 Å². The highest BCUT2D eigenvalue weighted by Gasteiger charge is 2.35. The van der Waals surface area contributed by atoms with Crippen LogP contribution in [0.25, 0.3) is 0 Å². The predicted octanol–water partition coefficient (Wildman–Crippen LogP) is 6.82. The fourth-order valence-electron chi connectivity index (χ4n) is 4.96. The number of alkyl halides is 2. The molecule has 24 heavy (non-hydrogen) atoms. The molecule has 0 aromatic rings. The van der Waals surface area contributed by atoms with Crippen LogP contribution in [0.3, 0.4) is 0 Å². The van der Waals surface area contributed by atoms with Crippen LogP contribution in [0.5, 0.6) is 0 Å². The van der Waals surface area contributed by atoms with E-state index in [4.69, 9.17) is 5.48 Å². The van der Waals surface area contributed by atoms with E-state index in [9.17, 15) is 8.78 Å². The Bertz CT molecular complexity index is 575. The summed E-state index contributed by atoms with van der Waals surface area (Å²) in [6, 6.07) is 0. The van der Waals surface area contributed by atoms with E-state index in [0.717, 1.165) is 31.3 Å². The SMILES string of the molecule is [2H]C1(F)C(F)C=CC([2H])(C2CCC(C3CCC(CCC=C)CC3)CC2)C1([2H])[2H]. The van der Waals surface area contributed by atoms with Crippen LogP contribution >= 0.6 is 0 Å². The molecule has 3 aliphatic carbocycles. The van der Waals surface area contributed by atoms with Crippen LogP contribution in [-0.4, -0.2) is 12.3 Å². The van der Waals surface area contributed by atoms with Gasteiger partial charge in [0, 0.05) is 4.11 Å². The molecule has 3 atom stereocenters. The number of hydrogen-bond acceptors (Lipinski definition) is 0. The first-order chi connectivity index (χ1) is 13.1. The third kappa shape index (κ3) is 4.49. The van der Waals surface area contributed by atoms with Crippen molar-refractivity contribution in [1.82, 2.24) is 0 Å². The topological polar surface area (TPSA) is 0 Å². The van der Waals surface area contributed by atoms with Gasteiger partial charge in [0.05, 0.1) is 1.37 Å². The monoisotopic (exact) mass is 340 g/mol. The van der Waals surface area contributed by atoms with Crippen molar-refractivity contribution in [3.8, 4) is 0 Å². The Labute approximate surface area is 152 Å². The van der Waals surface area contributed by atoms with Crippen molar-refractivity contribution in [3.05, 3.63) is 24.8 Å². The maximum Gasteiger partial charge on any atom is 0.149 e. The molecular formula is C22H34F2. The summed E-state index contributed by atoms with van der Waals surface area (Å²) < 4.78 is 60.8. The summed E-state index contributed by atoms with van der Waals surface area (Å²) in [7, 11) is 0. The lowest BCUT2D eigenvalue weighted by molar-refractivity contribution is 0.106. The Morgan fingerprint density at radius 2 is 1.54 bits per heavy atom. The van der Waals surface area contributed by atoms with Gasteiger partial charge < -0.3 is 0 Å². The van der Waals surface area contributed by atoms with Gasteiger partial charge >= 0.3 is 0 Å². The fourth-order valence-corrected chi connectivity index (χ4v) is 4.96. The molecule has 0 bridgehead atoms. The zero-order valence-electron chi connectivity index (χ0n) is 18.7. The van der Waals surface area contributed by atoms with E-state index in [0.29, 0.717) is 24.7 Å². The van der Waals surface area contributed by atoms with Crippen LogP contribution in [-0.2, 0) is 0 Å². The Morgan fingerprint density at radius 3 is 2.17 bits per heavy atom. The maximum absolute atomic E-state index is 14.5. The summed E-state index contributed by atoms with van der Waals surface area (Å²) in [6.45, 7) is 3.81. The summed E-state index contributed by atoms with van der Waals surface area (Å²) in [5.74, 6) is -0.136. The van der Waals surface area contributed by atoms with Crippen molar-refractivity contribution in [2.24, 2.45) is 29.6 Å². The Morgan fingerprint density at radius 1 is 0.958 bits per heavy atom. The second kappa shape index (κ2) is 8.63. The minimum atomic E-state index is -3.41. The van der Waals surface area contributed by atoms with Gasteiger partial charge in [-0.1, -0.05) is 31.1 Å². The van der Waals surface area contributed by atoms with Gasteiger partial charge in [0.15, 0.2) is 0 Å². The molecule has 0 aromatic heterocycles.